The maximum absolute atomic E-state index is 11.5. The van der Waals surface area contributed by atoms with Gasteiger partial charge in [-0.05, 0) is 18.6 Å². The number of ether oxygens (including phenoxy) is 1. The second-order valence-corrected chi connectivity index (χ2v) is 3.99. The van der Waals surface area contributed by atoms with Gasteiger partial charge in [0.2, 0.25) is 5.91 Å². The summed E-state index contributed by atoms with van der Waals surface area (Å²) in [5.41, 5.74) is 6.90. The van der Waals surface area contributed by atoms with E-state index in [9.17, 15) is 4.79 Å². The van der Waals surface area contributed by atoms with Gasteiger partial charge in [-0.3, -0.25) is 4.79 Å². The van der Waals surface area contributed by atoms with Crippen LogP contribution in [-0.2, 0) is 9.53 Å². The van der Waals surface area contributed by atoms with Crippen LogP contribution >= 0.6 is 12.2 Å². The van der Waals surface area contributed by atoms with E-state index in [2.05, 4.69) is 5.32 Å². The first-order valence-electron chi connectivity index (χ1n) is 5.41. The highest BCUT2D eigenvalue weighted by atomic mass is 32.1. The van der Waals surface area contributed by atoms with Gasteiger partial charge in [-0.1, -0.05) is 31.3 Å². The van der Waals surface area contributed by atoms with Crippen molar-refractivity contribution < 1.29 is 9.53 Å². The number of anilines is 1. The molecule has 0 atom stereocenters. The van der Waals surface area contributed by atoms with Gasteiger partial charge in [-0.15, -0.1) is 0 Å². The summed E-state index contributed by atoms with van der Waals surface area (Å²) < 4.78 is 5.13. The number of carbonyl (C=O) groups excluding carboxylic acids is 1. The zero-order chi connectivity index (χ0) is 12.7. The minimum absolute atomic E-state index is 0.0607. The molecule has 0 heterocycles. The number of thiocarbonyl (C=S) groups is 1. The molecule has 1 aromatic rings. The number of hydrogen-bond donors (Lipinski definition) is 2. The monoisotopic (exact) mass is 252 g/mol. The fourth-order valence-electron chi connectivity index (χ4n) is 1.26. The molecule has 92 valence electrons. The van der Waals surface area contributed by atoms with Crippen LogP contribution in [0.15, 0.2) is 24.3 Å². The second kappa shape index (κ2) is 6.98. The molecule has 4 nitrogen and oxygen atoms in total. The zero-order valence-electron chi connectivity index (χ0n) is 9.73. The van der Waals surface area contributed by atoms with E-state index < -0.39 is 0 Å². The van der Waals surface area contributed by atoms with Crippen LogP contribution < -0.4 is 11.1 Å². The third-order valence-corrected chi connectivity index (χ3v) is 2.25. The van der Waals surface area contributed by atoms with Crippen molar-refractivity contribution in [2.24, 2.45) is 5.73 Å². The fraction of sp³-hybridized carbons (Fsp3) is 0.333. The minimum atomic E-state index is -0.182. The summed E-state index contributed by atoms with van der Waals surface area (Å²) >= 11 is 4.86. The molecule has 0 saturated carbocycles. The summed E-state index contributed by atoms with van der Waals surface area (Å²) in [6, 6.07) is 7.10. The van der Waals surface area contributed by atoms with E-state index in [-0.39, 0.29) is 12.5 Å². The van der Waals surface area contributed by atoms with E-state index in [1.54, 1.807) is 24.3 Å². The molecule has 5 heteroatoms. The summed E-state index contributed by atoms with van der Waals surface area (Å²) in [6.07, 6.45) is 0.893. The zero-order valence-corrected chi connectivity index (χ0v) is 10.5. The third kappa shape index (κ3) is 4.93. The summed E-state index contributed by atoms with van der Waals surface area (Å²) in [7, 11) is 0. The number of carbonyl (C=O) groups is 1. The highest BCUT2D eigenvalue weighted by Gasteiger charge is 2.03. The average molecular weight is 252 g/mol. The van der Waals surface area contributed by atoms with E-state index in [1.807, 2.05) is 6.92 Å². The van der Waals surface area contributed by atoms with Crippen molar-refractivity contribution in [2.75, 3.05) is 18.5 Å². The van der Waals surface area contributed by atoms with Crippen molar-refractivity contribution in [3.63, 3.8) is 0 Å². The molecule has 0 aliphatic rings. The Hall–Kier alpha value is -1.46. The first kappa shape index (κ1) is 13.6. The van der Waals surface area contributed by atoms with E-state index in [1.165, 1.54) is 0 Å². The summed E-state index contributed by atoms with van der Waals surface area (Å²) in [5, 5.41) is 2.72. The lowest BCUT2D eigenvalue weighted by molar-refractivity contribution is -0.120. The fourth-order valence-corrected chi connectivity index (χ4v) is 1.38. The van der Waals surface area contributed by atoms with Crippen LogP contribution in [0.3, 0.4) is 0 Å². The topological polar surface area (TPSA) is 64.3 Å². The smallest absolute Gasteiger partial charge is 0.250 e. The molecular formula is C12H16N2O2S. The largest absolute Gasteiger partial charge is 0.389 e. The summed E-state index contributed by atoms with van der Waals surface area (Å²) in [5.74, 6) is -0.182. The standard InChI is InChI=1S/C12H16N2O2S/c1-2-6-16-8-11(15)14-10-5-3-4-9(7-10)12(13)17/h3-5,7H,2,6,8H2,1H3,(H2,13,17)(H,14,15). The number of amides is 1. The molecular weight excluding hydrogens is 236 g/mol. The van der Waals surface area contributed by atoms with Gasteiger partial charge < -0.3 is 15.8 Å². The molecule has 0 spiro atoms. The quantitative estimate of drug-likeness (QED) is 0.597. The van der Waals surface area contributed by atoms with Crippen LogP contribution in [0.1, 0.15) is 18.9 Å². The molecule has 0 fully saturated rings. The van der Waals surface area contributed by atoms with Gasteiger partial charge >= 0.3 is 0 Å². The molecule has 0 aromatic heterocycles. The summed E-state index contributed by atoms with van der Waals surface area (Å²) in [6.45, 7) is 2.63. The number of nitrogens with one attached hydrogen (secondary N) is 1. The van der Waals surface area contributed by atoms with Gasteiger partial charge in [0.15, 0.2) is 0 Å². The lowest BCUT2D eigenvalue weighted by Crippen LogP contribution is -2.19. The van der Waals surface area contributed by atoms with E-state index in [4.69, 9.17) is 22.7 Å². The Morgan fingerprint density at radius 1 is 1.53 bits per heavy atom. The second-order valence-electron chi connectivity index (χ2n) is 3.55. The Kier molecular flexibility index (Phi) is 5.59. The van der Waals surface area contributed by atoms with Crippen molar-refractivity contribution in [2.45, 2.75) is 13.3 Å². The predicted molar refractivity (Wildman–Crippen MR) is 72.1 cm³/mol. The lowest BCUT2D eigenvalue weighted by Gasteiger charge is -2.07. The Labute approximate surface area is 106 Å². The van der Waals surface area contributed by atoms with Gasteiger partial charge in [-0.2, -0.15) is 0 Å². The number of rotatable bonds is 6. The van der Waals surface area contributed by atoms with Crippen molar-refractivity contribution in [1.82, 2.24) is 0 Å². The first-order valence-corrected chi connectivity index (χ1v) is 5.81. The predicted octanol–water partition coefficient (Wildman–Crippen LogP) is 1.69. The molecule has 0 unspecified atom stereocenters. The highest BCUT2D eigenvalue weighted by Crippen LogP contribution is 2.10. The van der Waals surface area contributed by atoms with Gasteiger partial charge in [-0.25, -0.2) is 0 Å². The Balaban J connectivity index is 2.53. The van der Waals surface area contributed by atoms with Crippen LogP contribution in [0.5, 0.6) is 0 Å². The van der Waals surface area contributed by atoms with Gasteiger partial charge in [0, 0.05) is 17.9 Å². The van der Waals surface area contributed by atoms with E-state index in [0.717, 1.165) is 12.0 Å². The van der Waals surface area contributed by atoms with Gasteiger partial charge in [0.05, 0.1) is 0 Å². The Morgan fingerprint density at radius 3 is 2.94 bits per heavy atom. The third-order valence-electron chi connectivity index (χ3n) is 2.01. The maximum atomic E-state index is 11.5. The SMILES string of the molecule is CCCOCC(=O)Nc1cccc(C(N)=S)c1. The van der Waals surface area contributed by atoms with Crippen LogP contribution in [0.2, 0.25) is 0 Å². The first-order chi connectivity index (χ1) is 8.13. The average Bonchev–Trinajstić information content (AvgIpc) is 2.29. The molecule has 0 radical (unpaired) electrons. The molecule has 3 N–H and O–H groups in total. The number of nitrogens with two attached hydrogens (primary N) is 1. The molecule has 0 aliphatic carbocycles. The summed E-state index contributed by atoms with van der Waals surface area (Å²) in [4.78, 5) is 11.8. The van der Waals surface area contributed by atoms with Crippen LogP contribution in [0, 0.1) is 0 Å². The van der Waals surface area contributed by atoms with Gasteiger partial charge in [0.1, 0.15) is 11.6 Å². The lowest BCUT2D eigenvalue weighted by atomic mass is 10.2. The number of benzene rings is 1. The molecule has 1 rings (SSSR count). The van der Waals surface area contributed by atoms with Crippen molar-refractivity contribution in [1.29, 1.82) is 0 Å². The van der Waals surface area contributed by atoms with Crippen LogP contribution in [0.4, 0.5) is 5.69 Å². The normalized spacial score (nSPS) is 9.94. The van der Waals surface area contributed by atoms with E-state index in [0.29, 0.717) is 17.3 Å². The molecule has 0 saturated heterocycles. The Bertz CT molecular complexity index is 407. The molecule has 17 heavy (non-hydrogen) atoms. The van der Waals surface area contributed by atoms with E-state index >= 15 is 0 Å². The molecule has 0 aliphatic heterocycles. The van der Waals surface area contributed by atoms with Crippen molar-refractivity contribution in [3.8, 4) is 0 Å². The van der Waals surface area contributed by atoms with Crippen molar-refractivity contribution >= 4 is 28.8 Å². The van der Waals surface area contributed by atoms with Crippen molar-refractivity contribution in [3.05, 3.63) is 29.8 Å². The number of hydrogen-bond acceptors (Lipinski definition) is 3. The highest BCUT2D eigenvalue weighted by molar-refractivity contribution is 7.80. The molecule has 0 bridgehead atoms. The molecule has 1 aromatic carbocycles. The Morgan fingerprint density at radius 2 is 2.29 bits per heavy atom. The minimum Gasteiger partial charge on any atom is -0.389 e. The van der Waals surface area contributed by atoms with Crippen LogP contribution in [-0.4, -0.2) is 24.1 Å². The van der Waals surface area contributed by atoms with Gasteiger partial charge in [0.25, 0.3) is 0 Å². The van der Waals surface area contributed by atoms with Crippen LogP contribution in [0.25, 0.3) is 0 Å². The maximum Gasteiger partial charge on any atom is 0.250 e. The molecule has 1 amide bonds.